The normalized spacial score (nSPS) is 22.9. The molecule has 1 unspecified atom stereocenters. The van der Waals surface area contributed by atoms with Crippen LogP contribution in [0, 0.1) is 0 Å². The smallest absolute Gasteiger partial charge is 0.160 e. The van der Waals surface area contributed by atoms with Gasteiger partial charge in [-0.15, -0.1) is 11.3 Å². The minimum Gasteiger partial charge on any atom is -0.378 e. The van der Waals surface area contributed by atoms with Crippen LogP contribution in [0.3, 0.4) is 0 Å². The van der Waals surface area contributed by atoms with Crippen LogP contribution in [0.4, 0.5) is 0 Å². The Kier molecular flexibility index (Phi) is 2.73. The molecule has 2 rings (SSSR count). The van der Waals surface area contributed by atoms with Crippen LogP contribution in [-0.2, 0) is 4.74 Å². The molecule has 1 atom stereocenters. The van der Waals surface area contributed by atoms with Gasteiger partial charge in [-0.1, -0.05) is 0 Å². The third kappa shape index (κ3) is 1.96. The zero-order valence-electron chi connectivity index (χ0n) is 7.16. The Balaban J connectivity index is 2.09. The summed E-state index contributed by atoms with van der Waals surface area (Å²) in [5.74, 6) is 0. The van der Waals surface area contributed by atoms with Crippen molar-refractivity contribution in [1.82, 2.24) is 5.32 Å². The number of carbonyl (C=O) groups excluding carboxylic acids is 1. The summed E-state index contributed by atoms with van der Waals surface area (Å²) in [6.07, 6.45) is 0.887. The SMILES string of the molecule is O=Cc1ccc(C2COCCN2)s1. The van der Waals surface area contributed by atoms with Crippen molar-refractivity contribution in [2.45, 2.75) is 6.04 Å². The Morgan fingerprint density at radius 1 is 1.62 bits per heavy atom. The van der Waals surface area contributed by atoms with Crippen LogP contribution >= 0.6 is 11.3 Å². The summed E-state index contributed by atoms with van der Waals surface area (Å²) < 4.78 is 5.34. The summed E-state index contributed by atoms with van der Waals surface area (Å²) >= 11 is 1.53. The predicted molar refractivity (Wildman–Crippen MR) is 51.3 cm³/mol. The second-order valence-corrected chi connectivity index (χ2v) is 4.09. The van der Waals surface area contributed by atoms with Gasteiger partial charge in [-0.3, -0.25) is 4.79 Å². The highest BCUT2D eigenvalue weighted by Gasteiger charge is 2.16. The van der Waals surface area contributed by atoms with Gasteiger partial charge >= 0.3 is 0 Å². The van der Waals surface area contributed by atoms with Crippen molar-refractivity contribution < 1.29 is 9.53 Å². The lowest BCUT2D eigenvalue weighted by atomic mass is 10.2. The average molecular weight is 197 g/mol. The minimum atomic E-state index is 0.271. The maximum atomic E-state index is 10.5. The van der Waals surface area contributed by atoms with Gasteiger partial charge in [0.05, 0.1) is 24.1 Å². The van der Waals surface area contributed by atoms with E-state index < -0.39 is 0 Å². The fraction of sp³-hybridized carbons (Fsp3) is 0.444. The zero-order chi connectivity index (χ0) is 9.10. The highest BCUT2D eigenvalue weighted by Crippen LogP contribution is 2.23. The quantitative estimate of drug-likeness (QED) is 0.724. The predicted octanol–water partition coefficient (Wildman–Crippen LogP) is 1.22. The van der Waals surface area contributed by atoms with Gasteiger partial charge in [-0.25, -0.2) is 0 Å². The number of thiophene rings is 1. The van der Waals surface area contributed by atoms with Gasteiger partial charge in [-0.2, -0.15) is 0 Å². The van der Waals surface area contributed by atoms with Crippen molar-refractivity contribution in [3.63, 3.8) is 0 Å². The molecule has 0 saturated carbocycles. The van der Waals surface area contributed by atoms with E-state index in [9.17, 15) is 4.79 Å². The zero-order valence-corrected chi connectivity index (χ0v) is 7.97. The number of aldehydes is 1. The van der Waals surface area contributed by atoms with E-state index in [-0.39, 0.29) is 6.04 Å². The topological polar surface area (TPSA) is 38.3 Å². The van der Waals surface area contributed by atoms with Crippen LogP contribution < -0.4 is 5.32 Å². The van der Waals surface area contributed by atoms with E-state index in [1.807, 2.05) is 12.1 Å². The summed E-state index contributed by atoms with van der Waals surface area (Å²) in [4.78, 5) is 12.4. The van der Waals surface area contributed by atoms with Crippen LogP contribution in [0.5, 0.6) is 0 Å². The molecule has 0 radical (unpaired) electrons. The molecule has 3 nitrogen and oxygen atoms in total. The number of hydrogen-bond acceptors (Lipinski definition) is 4. The molecule has 1 aliphatic heterocycles. The summed E-state index contributed by atoms with van der Waals surface area (Å²) in [6.45, 7) is 2.38. The number of nitrogens with one attached hydrogen (secondary N) is 1. The molecular weight excluding hydrogens is 186 g/mol. The number of carbonyl (C=O) groups is 1. The molecule has 1 saturated heterocycles. The minimum absolute atomic E-state index is 0.271. The third-order valence-electron chi connectivity index (χ3n) is 2.03. The van der Waals surface area contributed by atoms with E-state index in [2.05, 4.69) is 5.32 Å². The van der Waals surface area contributed by atoms with Crippen LogP contribution in [0.2, 0.25) is 0 Å². The molecule has 2 heterocycles. The molecule has 1 fully saturated rings. The van der Waals surface area contributed by atoms with E-state index in [4.69, 9.17) is 4.74 Å². The molecule has 0 aliphatic carbocycles. The standard InChI is InChI=1S/C9H11NO2S/c11-5-7-1-2-9(13-7)8-6-12-4-3-10-8/h1-2,5,8,10H,3-4,6H2. The third-order valence-corrected chi connectivity index (χ3v) is 3.15. The van der Waals surface area contributed by atoms with Crippen LogP contribution in [-0.4, -0.2) is 26.0 Å². The molecular formula is C9H11NO2S. The van der Waals surface area contributed by atoms with Gasteiger partial charge in [0, 0.05) is 11.4 Å². The first-order valence-corrected chi connectivity index (χ1v) is 5.08. The summed E-state index contributed by atoms with van der Waals surface area (Å²) in [5, 5.41) is 3.34. The molecule has 0 bridgehead atoms. The molecule has 4 heteroatoms. The first-order valence-electron chi connectivity index (χ1n) is 4.26. The van der Waals surface area contributed by atoms with Crippen molar-refractivity contribution in [1.29, 1.82) is 0 Å². The Morgan fingerprint density at radius 2 is 2.54 bits per heavy atom. The van der Waals surface area contributed by atoms with Crippen molar-refractivity contribution in [3.05, 3.63) is 21.9 Å². The van der Waals surface area contributed by atoms with Gasteiger partial charge in [0.1, 0.15) is 0 Å². The summed E-state index contributed by atoms with van der Waals surface area (Å²) in [7, 11) is 0. The van der Waals surface area contributed by atoms with Gasteiger partial charge in [0.15, 0.2) is 6.29 Å². The van der Waals surface area contributed by atoms with Gasteiger partial charge in [-0.05, 0) is 12.1 Å². The van der Waals surface area contributed by atoms with Gasteiger partial charge < -0.3 is 10.1 Å². The molecule has 0 amide bonds. The molecule has 1 aromatic rings. The van der Waals surface area contributed by atoms with E-state index >= 15 is 0 Å². The lowest BCUT2D eigenvalue weighted by Crippen LogP contribution is -2.33. The largest absolute Gasteiger partial charge is 0.378 e. The fourth-order valence-electron chi connectivity index (χ4n) is 1.37. The monoisotopic (exact) mass is 197 g/mol. The molecule has 13 heavy (non-hydrogen) atoms. The second-order valence-electron chi connectivity index (χ2n) is 2.94. The lowest BCUT2D eigenvalue weighted by Gasteiger charge is -2.22. The van der Waals surface area contributed by atoms with Gasteiger partial charge in [0.2, 0.25) is 0 Å². The Hall–Kier alpha value is -0.710. The van der Waals surface area contributed by atoms with Gasteiger partial charge in [0.25, 0.3) is 0 Å². The Morgan fingerprint density at radius 3 is 3.15 bits per heavy atom. The van der Waals surface area contributed by atoms with Crippen molar-refractivity contribution in [2.75, 3.05) is 19.8 Å². The highest BCUT2D eigenvalue weighted by molar-refractivity contribution is 7.13. The Labute approximate surface area is 80.7 Å². The van der Waals surface area contributed by atoms with Crippen molar-refractivity contribution in [3.8, 4) is 0 Å². The molecule has 1 N–H and O–H groups in total. The molecule has 1 aromatic heterocycles. The highest BCUT2D eigenvalue weighted by atomic mass is 32.1. The number of rotatable bonds is 2. The van der Waals surface area contributed by atoms with E-state index in [0.29, 0.717) is 6.61 Å². The average Bonchev–Trinajstić information content (AvgIpc) is 2.67. The number of hydrogen-bond donors (Lipinski definition) is 1. The molecule has 1 aliphatic rings. The van der Waals surface area contributed by atoms with Crippen molar-refractivity contribution in [2.24, 2.45) is 0 Å². The maximum Gasteiger partial charge on any atom is 0.160 e. The van der Waals surface area contributed by atoms with Crippen LogP contribution in [0.1, 0.15) is 20.6 Å². The number of ether oxygens (including phenoxy) is 1. The van der Waals surface area contributed by atoms with Crippen molar-refractivity contribution >= 4 is 17.6 Å². The van der Waals surface area contributed by atoms with Crippen LogP contribution in [0.25, 0.3) is 0 Å². The fourth-order valence-corrected chi connectivity index (χ4v) is 2.25. The molecule has 70 valence electrons. The maximum absolute atomic E-state index is 10.5. The second kappa shape index (κ2) is 4.00. The number of morpholine rings is 1. The molecule has 0 aromatic carbocycles. The van der Waals surface area contributed by atoms with Crippen LogP contribution in [0.15, 0.2) is 12.1 Å². The summed E-state index contributed by atoms with van der Waals surface area (Å²) in [6, 6.07) is 4.11. The molecule has 0 spiro atoms. The van der Waals surface area contributed by atoms with E-state index in [1.165, 1.54) is 16.2 Å². The Bertz CT molecular complexity index is 292. The first-order chi connectivity index (χ1) is 6.40. The van der Waals surface area contributed by atoms with E-state index in [0.717, 1.165) is 24.3 Å². The lowest BCUT2D eigenvalue weighted by molar-refractivity contribution is 0.0779. The van der Waals surface area contributed by atoms with E-state index in [1.54, 1.807) is 0 Å². The summed E-state index contributed by atoms with van der Waals surface area (Å²) in [5.41, 5.74) is 0. The first kappa shape index (κ1) is 8.87.